The molecule has 0 unspecified atom stereocenters. The lowest BCUT2D eigenvalue weighted by Gasteiger charge is -2.09. The molecule has 1 heterocycles. The van der Waals surface area contributed by atoms with Crippen molar-refractivity contribution in [3.8, 4) is 0 Å². The molecule has 0 aliphatic rings. The van der Waals surface area contributed by atoms with Gasteiger partial charge < -0.3 is 5.32 Å². The van der Waals surface area contributed by atoms with E-state index < -0.39 is 0 Å². The Kier molecular flexibility index (Phi) is 3.42. The average molecular weight is 314 g/mol. The number of anilines is 1. The smallest absolute Gasteiger partial charge is 0.144 e. The van der Waals surface area contributed by atoms with E-state index in [0.29, 0.717) is 0 Å². The summed E-state index contributed by atoms with van der Waals surface area (Å²) in [4.78, 5) is 8.16. The Morgan fingerprint density at radius 3 is 2.79 bits per heavy atom. The molecule has 19 heavy (non-hydrogen) atoms. The molecule has 0 aliphatic heterocycles. The van der Waals surface area contributed by atoms with Gasteiger partial charge in [0.1, 0.15) is 12.1 Å². The molecule has 3 rings (SSSR count). The summed E-state index contributed by atoms with van der Waals surface area (Å²) < 4.78 is 0.871. The van der Waals surface area contributed by atoms with Gasteiger partial charge in [-0.25, -0.2) is 9.97 Å². The molecular weight excluding hydrogens is 302 g/mol. The topological polar surface area (TPSA) is 37.8 Å². The number of hydrogen-bond donors (Lipinski definition) is 1. The van der Waals surface area contributed by atoms with Gasteiger partial charge in [0.25, 0.3) is 0 Å². The lowest BCUT2D eigenvalue weighted by atomic mass is 10.0. The van der Waals surface area contributed by atoms with Crippen LogP contribution in [-0.4, -0.2) is 9.97 Å². The van der Waals surface area contributed by atoms with Crippen LogP contribution in [0.4, 0.5) is 5.82 Å². The summed E-state index contributed by atoms with van der Waals surface area (Å²) in [5.74, 6) is 0.808. The zero-order chi connectivity index (χ0) is 13.1. The molecule has 0 radical (unpaired) electrons. The molecule has 2 aromatic carbocycles. The lowest BCUT2D eigenvalue weighted by Crippen LogP contribution is -2.02. The molecule has 0 saturated carbocycles. The summed E-state index contributed by atoms with van der Waals surface area (Å²) in [7, 11) is 0. The number of benzene rings is 2. The van der Waals surface area contributed by atoms with Crippen LogP contribution in [-0.2, 0) is 6.54 Å². The molecule has 1 N–H and O–H groups in total. The number of fused-ring (bicyclic) bond motifs is 1. The normalized spacial score (nSPS) is 10.6. The second-order valence-corrected chi connectivity index (χ2v) is 5.07. The fourth-order valence-corrected chi connectivity index (χ4v) is 2.43. The Hall–Kier alpha value is -1.94. The molecule has 0 saturated heterocycles. The van der Waals surface area contributed by atoms with E-state index in [-0.39, 0.29) is 0 Å². The molecule has 0 aliphatic carbocycles. The van der Waals surface area contributed by atoms with E-state index in [9.17, 15) is 0 Å². The van der Waals surface area contributed by atoms with Crippen LogP contribution in [0.3, 0.4) is 0 Å². The Morgan fingerprint density at radius 1 is 1.05 bits per heavy atom. The van der Waals surface area contributed by atoms with Gasteiger partial charge in [0.15, 0.2) is 0 Å². The van der Waals surface area contributed by atoms with Gasteiger partial charge in [-0.05, 0) is 32.3 Å². The van der Waals surface area contributed by atoms with Gasteiger partial charge in [0.05, 0.1) is 4.47 Å². The number of halogens is 1. The molecule has 1 aromatic heterocycles. The van der Waals surface area contributed by atoms with Crippen LogP contribution in [0.2, 0.25) is 0 Å². The summed E-state index contributed by atoms with van der Waals surface area (Å²) in [5.41, 5.74) is 1.25. The third-order valence-corrected chi connectivity index (χ3v) is 3.57. The van der Waals surface area contributed by atoms with Crippen LogP contribution < -0.4 is 5.32 Å². The predicted molar refractivity (Wildman–Crippen MR) is 81.0 cm³/mol. The van der Waals surface area contributed by atoms with Crippen molar-refractivity contribution in [2.45, 2.75) is 6.54 Å². The zero-order valence-electron chi connectivity index (χ0n) is 10.2. The van der Waals surface area contributed by atoms with Crippen molar-refractivity contribution in [1.29, 1.82) is 0 Å². The minimum atomic E-state index is 0.733. The number of nitrogens with one attached hydrogen (secondary N) is 1. The van der Waals surface area contributed by atoms with Crippen molar-refractivity contribution in [2.24, 2.45) is 0 Å². The van der Waals surface area contributed by atoms with Gasteiger partial charge in [-0.1, -0.05) is 42.5 Å². The largest absolute Gasteiger partial charge is 0.365 e. The zero-order valence-corrected chi connectivity index (χ0v) is 11.8. The van der Waals surface area contributed by atoms with Crippen molar-refractivity contribution in [3.63, 3.8) is 0 Å². The molecule has 3 aromatic rings. The molecule has 94 valence electrons. The molecule has 3 nitrogen and oxygen atoms in total. The number of hydrogen-bond acceptors (Lipinski definition) is 3. The Labute approximate surface area is 119 Å². The quantitative estimate of drug-likeness (QED) is 0.794. The molecule has 0 spiro atoms. The predicted octanol–water partition coefficient (Wildman–Crippen LogP) is 4.00. The minimum absolute atomic E-state index is 0.733. The average Bonchev–Trinajstić information content (AvgIpc) is 2.46. The summed E-state index contributed by atoms with van der Waals surface area (Å²) in [5, 5.41) is 5.84. The van der Waals surface area contributed by atoms with Crippen molar-refractivity contribution < 1.29 is 0 Å². The maximum atomic E-state index is 4.20. The number of rotatable bonds is 3. The second-order valence-electron chi connectivity index (χ2n) is 4.21. The van der Waals surface area contributed by atoms with E-state index in [0.717, 1.165) is 16.8 Å². The van der Waals surface area contributed by atoms with Crippen LogP contribution in [0.1, 0.15) is 5.56 Å². The van der Waals surface area contributed by atoms with Gasteiger partial charge in [0, 0.05) is 12.7 Å². The molecule has 4 heteroatoms. The Bertz CT molecular complexity index is 707. The number of aromatic nitrogens is 2. The van der Waals surface area contributed by atoms with Crippen LogP contribution in [0.5, 0.6) is 0 Å². The second kappa shape index (κ2) is 5.36. The van der Waals surface area contributed by atoms with Crippen LogP contribution in [0.15, 0.2) is 59.5 Å². The van der Waals surface area contributed by atoms with E-state index in [1.165, 1.54) is 22.7 Å². The van der Waals surface area contributed by atoms with E-state index in [1.807, 2.05) is 0 Å². The first kappa shape index (κ1) is 12.1. The highest BCUT2D eigenvalue weighted by molar-refractivity contribution is 9.10. The van der Waals surface area contributed by atoms with Gasteiger partial charge in [-0.2, -0.15) is 0 Å². The van der Waals surface area contributed by atoms with Crippen LogP contribution in [0, 0.1) is 0 Å². The van der Waals surface area contributed by atoms with Crippen LogP contribution >= 0.6 is 15.9 Å². The molecule has 0 fully saturated rings. The van der Waals surface area contributed by atoms with E-state index in [2.05, 4.69) is 73.7 Å². The molecule has 0 atom stereocenters. The minimum Gasteiger partial charge on any atom is -0.365 e. The maximum absolute atomic E-state index is 4.20. The molecule has 0 amide bonds. The van der Waals surface area contributed by atoms with Crippen molar-refractivity contribution in [2.75, 3.05) is 5.32 Å². The molecular formula is C15H12BrN3. The maximum Gasteiger partial charge on any atom is 0.144 e. The lowest BCUT2D eigenvalue weighted by molar-refractivity contribution is 1.08. The van der Waals surface area contributed by atoms with Gasteiger partial charge in [-0.3, -0.25) is 0 Å². The first-order valence-corrected chi connectivity index (χ1v) is 6.80. The monoisotopic (exact) mass is 313 g/mol. The fourth-order valence-electron chi connectivity index (χ4n) is 2.07. The standard InChI is InChI=1S/C15H12BrN3/c16-14-9-17-10-19-15(14)18-8-12-6-3-5-11-4-1-2-7-13(11)12/h1-7,9-10H,8H2,(H,17,18,19). The highest BCUT2D eigenvalue weighted by atomic mass is 79.9. The van der Waals surface area contributed by atoms with Crippen molar-refractivity contribution in [3.05, 3.63) is 65.0 Å². The first-order valence-electron chi connectivity index (χ1n) is 6.00. The van der Waals surface area contributed by atoms with Gasteiger partial charge in [0.2, 0.25) is 0 Å². The van der Waals surface area contributed by atoms with E-state index in [1.54, 1.807) is 6.20 Å². The van der Waals surface area contributed by atoms with Gasteiger partial charge in [-0.15, -0.1) is 0 Å². The Morgan fingerprint density at radius 2 is 1.89 bits per heavy atom. The van der Waals surface area contributed by atoms with Crippen LogP contribution in [0.25, 0.3) is 10.8 Å². The van der Waals surface area contributed by atoms with E-state index >= 15 is 0 Å². The highest BCUT2D eigenvalue weighted by Crippen LogP contribution is 2.21. The third-order valence-electron chi connectivity index (χ3n) is 2.99. The Balaban J connectivity index is 1.88. The number of nitrogens with zero attached hydrogens (tertiary/aromatic N) is 2. The van der Waals surface area contributed by atoms with Crippen molar-refractivity contribution in [1.82, 2.24) is 9.97 Å². The van der Waals surface area contributed by atoms with Crippen molar-refractivity contribution >= 4 is 32.5 Å². The summed E-state index contributed by atoms with van der Waals surface area (Å²) in [6.07, 6.45) is 3.27. The highest BCUT2D eigenvalue weighted by Gasteiger charge is 2.03. The fraction of sp³-hybridized carbons (Fsp3) is 0.0667. The van der Waals surface area contributed by atoms with E-state index in [4.69, 9.17) is 0 Å². The summed E-state index contributed by atoms with van der Waals surface area (Å²) in [6, 6.07) is 14.7. The first-order chi connectivity index (χ1) is 9.34. The summed E-state index contributed by atoms with van der Waals surface area (Å²) >= 11 is 3.43. The SMILES string of the molecule is Brc1cncnc1NCc1cccc2ccccc12. The third kappa shape index (κ3) is 2.58. The summed E-state index contributed by atoms with van der Waals surface area (Å²) in [6.45, 7) is 0.733. The molecule has 0 bridgehead atoms. The van der Waals surface area contributed by atoms with Gasteiger partial charge >= 0.3 is 0 Å².